The number of hydrogen-bond acceptors (Lipinski definition) is 6. The van der Waals surface area contributed by atoms with Crippen molar-refractivity contribution in [3.63, 3.8) is 0 Å². The van der Waals surface area contributed by atoms with Gasteiger partial charge in [0.25, 0.3) is 5.56 Å². The highest BCUT2D eigenvalue weighted by molar-refractivity contribution is 4.99. The van der Waals surface area contributed by atoms with E-state index in [-0.39, 0.29) is 6.61 Å². The van der Waals surface area contributed by atoms with Gasteiger partial charge >= 0.3 is 5.69 Å². The van der Waals surface area contributed by atoms with Gasteiger partial charge in [0.05, 0.1) is 12.8 Å². The van der Waals surface area contributed by atoms with Crippen molar-refractivity contribution in [3.8, 4) is 0 Å². The van der Waals surface area contributed by atoms with Crippen LogP contribution in [0.15, 0.2) is 15.8 Å². The minimum atomic E-state index is -1.11. The van der Waals surface area contributed by atoms with Crippen LogP contribution < -0.4 is 11.2 Å². The highest BCUT2D eigenvalue weighted by Gasteiger charge is 2.55. The van der Waals surface area contributed by atoms with Crippen LogP contribution in [0, 0.1) is 5.82 Å². The summed E-state index contributed by atoms with van der Waals surface area (Å²) >= 11 is 0. The SMILES string of the molecule is CC1(C)OC2[C@@H](CO)O[C@@H](n3cc(F)c(=O)[nH]c3=O)[C@H]2O1. The predicted molar refractivity (Wildman–Crippen MR) is 66.1 cm³/mol. The van der Waals surface area contributed by atoms with Crippen LogP contribution in [0.3, 0.4) is 0 Å². The zero-order chi connectivity index (χ0) is 15.4. The van der Waals surface area contributed by atoms with E-state index in [0.29, 0.717) is 0 Å². The summed E-state index contributed by atoms with van der Waals surface area (Å²) in [7, 11) is 0. The molecule has 9 heteroatoms. The zero-order valence-corrected chi connectivity index (χ0v) is 11.4. The number of fused-ring (bicyclic) bond motifs is 1. The molecule has 3 heterocycles. The minimum absolute atomic E-state index is 0.336. The normalized spacial score (nSPS) is 34.1. The number of H-pyrrole nitrogens is 1. The Balaban J connectivity index is 2.01. The first-order valence-corrected chi connectivity index (χ1v) is 6.45. The first-order chi connectivity index (χ1) is 9.82. The van der Waals surface area contributed by atoms with Crippen LogP contribution in [0.1, 0.15) is 20.1 Å². The highest BCUT2D eigenvalue weighted by atomic mass is 19.1. The van der Waals surface area contributed by atoms with Crippen molar-refractivity contribution in [2.45, 2.75) is 44.2 Å². The lowest BCUT2D eigenvalue weighted by atomic mass is 10.1. The van der Waals surface area contributed by atoms with Gasteiger partial charge in [-0.25, -0.2) is 4.79 Å². The second-order valence-corrected chi connectivity index (χ2v) is 5.46. The lowest BCUT2D eigenvalue weighted by Crippen LogP contribution is -2.38. The van der Waals surface area contributed by atoms with E-state index in [2.05, 4.69) is 0 Å². The second kappa shape index (κ2) is 4.73. The largest absolute Gasteiger partial charge is 0.394 e. The maximum absolute atomic E-state index is 13.4. The van der Waals surface area contributed by atoms with Gasteiger partial charge in [0.2, 0.25) is 5.82 Å². The number of aliphatic hydroxyl groups is 1. The Morgan fingerprint density at radius 1 is 1.38 bits per heavy atom. The first kappa shape index (κ1) is 14.4. The number of nitrogens with one attached hydrogen (secondary N) is 1. The summed E-state index contributed by atoms with van der Waals surface area (Å²) in [6.45, 7) is 3.04. The average molecular weight is 302 g/mol. The van der Waals surface area contributed by atoms with Crippen LogP contribution in [0.4, 0.5) is 4.39 Å². The summed E-state index contributed by atoms with van der Waals surface area (Å²) < 4.78 is 31.1. The van der Waals surface area contributed by atoms with Crippen molar-refractivity contribution in [1.82, 2.24) is 9.55 Å². The third-order valence-corrected chi connectivity index (χ3v) is 3.50. The highest BCUT2D eigenvalue weighted by Crippen LogP contribution is 2.42. The smallest absolute Gasteiger partial charge is 0.330 e. The van der Waals surface area contributed by atoms with E-state index in [1.165, 1.54) is 0 Å². The molecule has 0 aromatic carbocycles. The van der Waals surface area contributed by atoms with Gasteiger partial charge in [0, 0.05) is 0 Å². The molecule has 21 heavy (non-hydrogen) atoms. The monoisotopic (exact) mass is 302 g/mol. The number of aliphatic hydroxyl groups excluding tert-OH is 1. The molecule has 2 saturated heterocycles. The van der Waals surface area contributed by atoms with Crippen molar-refractivity contribution in [2.24, 2.45) is 0 Å². The molecule has 2 aliphatic rings. The minimum Gasteiger partial charge on any atom is -0.394 e. The first-order valence-electron chi connectivity index (χ1n) is 6.45. The van der Waals surface area contributed by atoms with E-state index in [0.717, 1.165) is 10.8 Å². The Bertz CT molecular complexity index is 668. The molecule has 8 nitrogen and oxygen atoms in total. The van der Waals surface area contributed by atoms with Gasteiger partial charge in [-0.2, -0.15) is 4.39 Å². The van der Waals surface area contributed by atoms with Crippen LogP contribution in [-0.4, -0.2) is 45.4 Å². The fraction of sp³-hybridized carbons (Fsp3) is 0.667. The number of ether oxygens (including phenoxy) is 3. The summed E-state index contributed by atoms with van der Waals surface area (Å²) in [5, 5.41) is 9.34. The van der Waals surface area contributed by atoms with Crippen LogP contribution in [0.2, 0.25) is 0 Å². The van der Waals surface area contributed by atoms with E-state index in [1.54, 1.807) is 13.8 Å². The number of halogens is 1. The number of aromatic amines is 1. The van der Waals surface area contributed by atoms with Gasteiger partial charge in [-0.15, -0.1) is 0 Å². The van der Waals surface area contributed by atoms with Gasteiger partial charge in [-0.1, -0.05) is 0 Å². The molecule has 0 aliphatic carbocycles. The standard InChI is InChI=1S/C12H15FN2O6/c1-12(2)20-7-6(4-16)19-10(8(7)21-12)15-3-5(13)9(17)14-11(15)18/h3,6-8,10,16H,4H2,1-2H3,(H,14,17,18)/t6-,7?,8+,10-/m1/s1. The molecular formula is C12H15FN2O6. The second-order valence-electron chi connectivity index (χ2n) is 5.46. The summed E-state index contributed by atoms with van der Waals surface area (Å²) in [5.41, 5.74) is -1.93. The van der Waals surface area contributed by atoms with Gasteiger partial charge in [-0.05, 0) is 13.8 Å². The van der Waals surface area contributed by atoms with Crippen molar-refractivity contribution in [1.29, 1.82) is 0 Å². The molecule has 0 bridgehead atoms. The number of hydrogen-bond donors (Lipinski definition) is 2. The number of nitrogens with zero attached hydrogens (tertiary/aromatic N) is 1. The summed E-state index contributed by atoms with van der Waals surface area (Å²) in [6, 6.07) is 0. The molecule has 3 rings (SSSR count). The van der Waals surface area contributed by atoms with Gasteiger partial charge in [-0.3, -0.25) is 14.3 Å². The maximum Gasteiger partial charge on any atom is 0.330 e. The molecule has 0 spiro atoms. The summed E-state index contributed by atoms with van der Waals surface area (Å²) in [4.78, 5) is 24.8. The summed E-state index contributed by atoms with van der Waals surface area (Å²) in [5.74, 6) is -2.02. The van der Waals surface area contributed by atoms with E-state index >= 15 is 0 Å². The predicted octanol–water partition coefficient (Wildman–Crippen LogP) is -0.915. The molecule has 0 saturated carbocycles. The Morgan fingerprint density at radius 3 is 2.71 bits per heavy atom. The number of aromatic nitrogens is 2. The zero-order valence-electron chi connectivity index (χ0n) is 11.4. The Hall–Kier alpha value is -1.55. The van der Waals surface area contributed by atoms with Crippen molar-refractivity contribution in [3.05, 3.63) is 32.9 Å². The van der Waals surface area contributed by atoms with Crippen LogP contribution >= 0.6 is 0 Å². The van der Waals surface area contributed by atoms with Gasteiger partial charge in [0.1, 0.15) is 18.3 Å². The molecule has 1 unspecified atom stereocenters. The molecular weight excluding hydrogens is 287 g/mol. The van der Waals surface area contributed by atoms with Crippen molar-refractivity contribution < 1.29 is 23.7 Å². The molecule has 0 radical (unpaired) electrons. The lowest BCUT2D eigenvalue weighted by Gasteiger charge is -2.24. The Labute approximate surface area is 118 Å². The van der Waals surface area contributed by atoms with E-state index in [4.69, 9.17) is 14.2 Å². The van der Waals surface area contributed by atoms with Crippen LogP contribution in [0.5, 0.6) is 0 Å². The van der Waals surface area contributed by atoms with E-state index in [1.807, 2.05) is 4.98 Å². The Morgan fingerprint density at radius 2 is 2.05 bits per heavy atom. The van der Waals surface area contributed by atoms with Crippen molar-refractivity contribution in [2.75, 3.05) is 6.61 Å². The third kappa shape index (κ3) is 2.31. The number of rotatable bonds is 2. The quantitative estimate of drug-likeness (QED) is 0.733. The molecule has 4 atom stereocenters. The van der Waals surface area contributed by atoms with Crippen molar-refractivity contribution >= 4 is 0 Å². The third-order valence-electron chi connectivity index (χ3n) is 3.50. The van der Waals surface area contributed by atoms with Gasteiger partial charge < -0.3 is 19.3 Å². The molecule has 1 aromatic rings. The van der Waals surface area contributed by atoms with Crippen LogP contribution in [-0.2, 0) is 14.2 Å². The summed E-state index contributed by atoms with van der Waals surface area (Å²) in [6.07, 6.45) is -2.22. The average Bonchev–Trinajstić information content (AvgIpc) is 2.87. The molecule has 116 valence electrons. The molecule has 2 aliphatic heterocycles. The molecule has 2 fully saturated rings. The fourth-order valence-electron chi connectivity index (χ4n) is 2.68. The van der Waals surface area contributed by atoms with E-state index < -0.39 is 47.4 Å². The molecule has 1 aromatic heterocycles. The lowest BCUT2D eigenvalue weighted by molar-refractivity contribution is -0.200. The van der Waals surface area contributed by atoms with Crippen LogP contribution in [0.25, 0.3) is 0 Å². The molecule has 2 N–H and O–H groups in total. The maximum atomic E-state index is 13.4. The molecule has 0 amide bonds. The Kier molecular flexibility index (Phi) is 3.24. The van der Waals surface area contributed by atoms with Gasteiger partial charge in [0.15, 0.2) is 12.0 Å². The topological polar surface area (TPSA) is 103 Å². The fourth-order valence-corrected chi connectivity index (χ4v) is 2.68. The van der Waals surface area contributed by atoms with E-state index in [9.17, 15) is 19.1 Å².